The van der Waals surface area contributed by atoms with Crippen molar-refractivity contribution in [3.05, 3.63) is 97.5 Å². The Bertz CT molecular complexity index is 1000. The predicted octanol–water partition coefficient (Wildman–Crippen LogP) is 5.54. The molecule has 3 aromatic carbocycles. The summed E-state index contributed by atoms with van der Waals surface area (Å²) in [5, 5.41) is 14.2. The molecule has 0 aliphatic rings. The highest BCUT2D eigenvalue weighted by atomic mass is 79.9. The van der Waals surface area contributed by atoms with Crippen LogP contribution in [0.5, 0.6) is 11.5 Å². The van der Waals surface area contributed by atoms with Crippen molar-refractivity contribution in [1.29, 1.82) is 0 Å². The molecule has 0 aromatic heterocycles. The van der Waals surface area contributed by atoms with Crippen LogP contribution in [0.15, 0.2) is 65.1 Å². The molecule has 0 heterocycles. The Hall–Kier alpha value is -2.90. The lowest BCUT2D eigenvalue weighted by atomic mass is 10.1. The monoisotopic (exact) mass is 470 g/mol. The van der Waals surface area contributed by atoms with E-state index in [1.807, 2.05) is 12.1 Å². The van der Waals surface area contributed by atoms with E-state index in [1.54, 1.807) is 19.2 Å². The fourth-order valence-electron chi connectivity index (χ4n) is 2.91. The maximum absolute atomic E-state index is 10.8. The predicted molar refractivity (Wildman–Crippen MR) is 120 cm³/mol. The number of ether oxygens (including phenoxy) is 2. The molecular weight excluding hydrogens is 448 g/mol. The smallest absolute Gasteiger partial charge is 0.269 e. The number of non-ortho nitro benzene ring substituents is 1. The Morgan fingerprint density at radius 3 is 2.27 bits per heavy atom. The molecular formula is C23H23BrN2O4. The molecule has 0 aliphatic carbocycles. The van der Waals surface area contributed by atoms with E-state index in [4.69, 9.17) is 9.47 Å². The maximum Gasteiger partial charge on any atom is 0.269 e. The minimum Gasteiger partial charge on any atom is -0.493 e. The van der Waals surface area contributed by atoms with Crippen LogP contribution in [0, 0.1) is 17.0 Å². The number of halogens is 1. The average Bonchev–Trinajstić information content (AvgIpc) is 2.75. The number of hydrogen-bond donors (Lipinski definition) is 1. The van der Waals surface area contributed by atoms with Gasteiger partial charge in [-0.15, -0.1) is 0 Å². The van der Waals surface area contributed by atoms with Crippen molar-refractivity contribution in [2.45, 2.75) is 26.6 Å². The standard InChI is InChI=1S/C23H23BrN2O4/c1-16-3-5-17(6-4-16)13-25-14-19-11-22(29-2)23(12-21(19)24)30-15-18-7-9-20(10-8-18)26(27)28/h3-12,25H,13-15H2,1-2H3. The van der Waals surface area contributed by atoms with Crippen molar-refractivity contribution in [1.82, 2.24) is 5.32 Å². The molecule has 0 aliphatic heterocycles. The second kappa shape index (κ2) is 10.2. The van der Waals surface area contributed by atoms with Crippen molar-refractivity contribution in [2.75, 3.05) is 7.11 Å². The van der Waals surface area contributed by atoms with Gasteiger partial charge in [0.15, 0.2) is 11.5 Å². The van der Waals surface area contributed by atoms with E-state index in [0.717, 1.165) is 22.1 Å². The van der Waals surface area contributed by atoms with Crippen LogP contribution in [0.2, 0.25) is 0 Å². The van der Waals surface area contributed by atoms with Gasteiger partial charge in [0.25, 0.3) is 5.69 Å². The number of benzene rings is 3. The van der Waals surface area contributed by atoms with Crippen LogP contribution in [0.3, 0.4) is 0 Å². The summed E-state index contributed by atoms with van der Waals surface area (Å²) >= 11 is 3.61. The molecule has 0 fully saturated rings. The Labute approximate surface area is 184 Å². The van der Waals surface area contributed by atoms with E-state index < -0.39 is 4.92 Å². The molecule has 0 amide bonds. The first-order valence-corrected chi connectivity index (χ1v) is 10.2. The zero-order valence-electron chi connectivity index (χ0n) is 16.9. The lowest BCUT2D eigenvalue weighted by Crippen LogP contribution is -2.13. The van der Waals surface area contributed by atoms with Gasteiger partial charge in [0, 0.05) is 29.7 Å². The van der Waals surface area contributed by atoms with E-state index in [1.165, 1.54) is 23.3 Å². The summed E-state index contributed by atoms with van der Waals surface area (Å²) in [6, 6.07) is 18.6. The number of nitro groups is 1. The van der Waals surface area contributed by atoms with Gasteiger partial charge in [-0.1, -0.05) is 45.8 Å². The lowest BCUT2D eigenvalue weighted by Gasteiger charge is -2.15. The van der Waals surface area contributed by atoms with Gasteiger partial charge < -0.3 is 14.8 Å². The zero-order chi connectivity index (χ0) is 21.5. The maximum atomic E-state index is 10.8. The Balaban J connectivity index is 1.62. The number of aryl methyl sites for hydroxylation is 1. The largest absolute Gasteiger partial charge is 0.493 e. The molecule has 3 rings (SSSR count). The topological polar surface area (TPSA) is 73.6 Å². The third kappa shape index (κ3) is 5.81. The van der Waals surface area contributed by atoms with Gasteiger partial charge in [0.2, 0.25) is 0 Å². The minimum atomic E-state index is -0.420. The first-order valence-electron chi connectivity index (χ1n) is 9.45. The summed E-state index contributed by atoms with van der Waals surface area (Å²) in [5.74, 6) is 1.23. The van der Waals surface area contributed by atoms with Crippen molar-refractivity contribution in [3.8, 4) is 11.5 Å². The number of nitro benzene ring substituents is 1. The number of nitrogens with one attached hydrogen (secondary N) is 1. The highest BCUT2D eigenvalue weighted by molar-refractivity contribution is 9.10. The van der Waals surface area contributed by atoms with Crippen LogP contribution < -0.4 is 14.8 Å². The average molecular weight is 471 g/mol. The van der Waals surface area contributed by atoms with Crippen LogP contribution in [0.25, 0.3) is 0 Å². The zero-order valence-corrected chi connectivity index (χ0v) is 18.4. The van der Waals surface area contributed by atoms with E-state index >= 15 is 0 Å². The van der Waals surface area contributed by atoms with Crippen molar-refractivity contribution in [2.24, 2.45) is 0 Å². The third-order valence-corrected chi connectivity index (χ3v) is 5.38. The number of rotatable bonds is 9. The first-order chi connectivity index (χ1) is 14.5. The second-order valence-electron chi connectivity index (χ2n) is 6.90. The Morgan fingerprint density at radius 1 is 0.967 bits per heavy atom. The molecule has 30 heavy (non-hydrogen) atoms. The number of nitrogens with zero attached hydrogens (tertiary/aromatic N) is 1. The Morgan fingerprint density at radius 2 is 1.63 bits per heavy atom. The van der Waals surface area contributed by atoms with Crippen molar-refractivity contribution in [3.63, 3.8) is 0 Å². The summed E-state index contributed by atoms with van der Waals surface area (Å²) in [6.45, 7) is 3.80. The Kier molecular flexibility index (Phi) is 7.43. The molecule has 156 valence electrons. The highest BCUT2D eigenvalue weighted by Crippen LogP contribution is 2.34. The van der Waals surface area contributed by atoms with Crippen molar-refractivity contribution >= 4 is 21.6 Å². The van der Waals surface area contributed by atoms with E-state index in [2.05, 4.69) is 52.4 Å². The van der Waals surface area contributed by atoms with Crippen LogP contribution in [0.1, 0.15) is 22.3 Å². The van der Waals surface area contributed by atoms with Gasteiger partial charge in [0.05, 0.1) is 12.0 Å². The molecule has 0 unspecified atom stereocenters. The summed E-state index contributed by atoms with van der Waals surface area (Å²) in [7, 11) is 1.60. The van der Waals surface area contributed by atoms with Gasteiger partial charge in [-0.25, -0.2) is 0 Å². The quantitative estimate of drug-likeness (QED) is 0.328. The van der Waals surface area contributed by atoms with Gasteiger partial charge in [-0.05, 0) is 47.9 Å². The van der Waals surface area contributed by atoms with Gasteiger partial charge in [-0.3, -0.25) is 10.1 Å². The summed E-state index contributed by atoms with van der Waals surface area (Å²) in [6.07, 6.45) is 0. The summed E-state index contributed by atoms with van der Waals surface area (Å²) < 4.78 is 12.3. The third-order valence-electron chi connectivity index (χ3n) is 4.64. The molecule has 3 aromatic rings. The van der Waals surface area contributed by atoms with Crippen LogP contribution in [-0.4, -0.2) is 12.0 Å². The van der Waals surface area contributed by atoms with Gasteiger partial charge >= 0.3 is 0 Å². The van der Waals surface area contributed by atoms with Crippen LogP contribution in [-0.2, 0) is 19.7 Å². The highest BCUT2D eigenvalue weighted by Gasteiger charge is 2.11. The fraction of sp³-hybridized carbons (Fsp3) is 0.217. The lowest BCUT2D eigenvalue weighted by molar-refractivity contribution is -0.384. The number of hydrogen-bond acceptors (Lipinski definition) is 5. The summed E-state index contributed by atoms with van der Waals surface area (Å²) in [4.78, 5) is 10.3. The minimum absolute atomic E-state index is 0.0570. The molecule has 0 bridgehead atoms. The molecule has 0 saturated carbocycles. The molecule has 7 heteroatoms. The van der Waals surface area contributed by atoms with Gasteiger partial charge in [-0.2, -0.15) is 0 Å². The molecule has 0 spiro atoms. The first kappa shape index (κ1) is 21.8. The van der Waals surface area contributed by atoms with E-state index in [9.17, 15) is 10.1 Å². The SMILES string of the molecule is COc1cc(CNCc2ccc(C)cc2)c(Br)cc1OCc1ccc([N+](=O)[O-])cc1. The van der Waals surface area contributed by atoms with Crippen molar-refractivity contribution < 1.29 is 14.4 Å². The molecule has 6 nitrogen and oxygen atoms in total. The van der Waals surface area contributed by atoms with Crippen LogP contribution >= 0.6 is 15.9 Å². The normalized spacial score (nSPS) is 10.6. The fourth-order valence-corrected chi connectivity index (χ4v) is 3.37. The van der Waals surface area contributed by atoms with E-state index in [-0.39, 0.29) is 12.3 Å². The van der Waals surface area contributed by atoms with Gasteiger partial charge in [0.1, 0.15) is 6.61 Å². The molecule has 1 N–H and O–H groups in total. The number of methoxy groups -OCH3 is 1. The second-order valence-corrected chi connectivity index (χ2v) is 7.75. The van der Waals surface area contributed by atoms with Crippen LogP contribution in [0.4, 0.5) is 5.69 Å². The van der Waals surface area contributed by atoms with E-state index in [0.29, 0.717) is 18.0 Å². The summed E-state index contributed by atoms with van der Waals surface area (Å²) in [5.41, 5.74) is 4.42. The molecule has 0 saturated heterocycles. The molecule has 0 atom stereocenters. The molecule has 0 radical (unpaired) electrons.